The summed E-state index contributed by atoms with van der Waals surface area (Å²) >= 11 is 0. The van der Waals surface area contributed by atoms with E-state index < -0.39 is 0 Å². The molecule has 0 aromatic heterocycles. The third kappa shape index (κ3) is 7.83. The van der Waals surface area contributed by atoms with Crippen molar-refractivity contribution < 1.29 is 9.59 Å². The van der Waals surface area contributed by atoms with Crippen LogP contribution in [0.5, 0.6) is 0 Å². The maximum Gasteiger partial charge on any atom is 0.225 e. The number of likely N-dealkylation sites (tertiary alicyclic amines) is 1. The third-order valence-corrected chi connectivity index (χ3v) is 5.09. The van der Waals surface area contributed by atoms with E-state index in [1.165, 1.54) is 12.8 Å². The van der Waals surface area contributed by atoms with Crippen molar-refractivity contribution in [2.45, 2.75) is 58.9 Å². The molecule has 2 aliphatic rings. The molecule has 1 heterocycles. The Morgan fingerprint density at radius 2 is 1.85 bits per heavy atom. The lowest BCUT2D eigenvalue weighted by Gasteiger charge is -2.21. The minimum atomic E-state index is -0.00721. The number of carbonyl (C=O) groups is 2. The van der Waals surface area contributed by atoms with Gasteiger partial charge in [-0.3, -0.25) is 14.6 Å². The van der Waals surface area contributed by atoms with Crippen molar-refractivity contribution in [3.63, 3.8) is 0 Å². The van der Waals surface area contributed by atoms with Crippen molar-refractivity contribution in [2.75, 3.05) is 32.7 Å². The normalized spacial score (nSPS) is 20.5. The minimum Gasteiger partial charge on any atom is -0.357 e. The summed E-state index contributed by atoms with van der Waals surface area (Å²) < 4.78 is 0. The molecular formula is C19H36IN5O2. The Morgan fingerprint density at radius 3 is 2.48 bits per heavy atom. The first-order chi connectivity index (χ1) is 12.5. The number of nitrogens with one attached hydrogen (secondary N) is 3. The van der Waals surface area contributed by atoms with Gasteiger partial charge in [0.15, 0.2) is 5.96 Å². The maximum absolute atomic E-state index is 12.5. The molecule has 1 aliphatic carbocycles. The summed E-state index contributed by atoms with van der Waals surface area (Å²) in [5, 5.41) is 9.55. The topological polar surface area (TPSA) is 85.8 Å². The van der Waals surface area contributed by atoms with Crippen LogP contribution in [0.2, 0.25) is 0 Å². The predicted molar refractivity (Wildman–Crippen MR) is 119 cm³/mol. The van der Waals surface area contributed by atoms with Gasteiger partial charge in [0.1, 0.15) is 0 Å². The first-order valence-corrected chi connectivity index (χ1v) is 10.1. The Labute approximate surface area is 180 Å². The second-order valence-corrected chi connectivity index (χ2v) is 7.60. The van der Waals surface area contributed by atoms with Crippen molar-refractivity contribution in [2.24, 2.45) is 16.8 Å². The number of aliphatic imine (C=N–C) groups is 1. The SMILES string of the molecule is CCNC(=NCCNC(=O)C(C)C)NC1CCN(C(=O)C2CCCC2)C1.I. The summed E-state index contributed by atoms with van der Waals surface area (Å²) in [4.78, 5) is 30.7. The highest BCUT2D eigenvalue weighted by atomic mass is 127. The van der Waals surface area contributed by atoms with E-state index in [0.29, 0.717) is 19.0 Å². The maximum atomic E-state index is 12.5. The second-order valence-electron chi connectivity index (χ2n) is 7.60. The Bertz CT molecular complexity index is 506. The zero-order valence-electron chi connectivity index (χ0n) is 16.9. The van der Waals surface area contributed by atoms with Crippen LogP contribution in [0.15, 0.2) is 4.99 Å². The predicted octanol–water partition coefficient (Wildman–Crippen LogP) is 1.72. The van der Waals surface area contributed by atoms with E-state index in [1.54, 1.807) is 0 Å². The average molecular weight is 493 g/mol. The highest BCUT2D eigenvalue weighted by molar-refractivity contribution is 14.0. The van der Waals surface area contributed by atoms with E-state index in [-0.39, 0.29) is 47.8 Å². The van der Waals surface area contributed by atoms with Crippen molar-refractivity contribution >= 4 is 41.8 Å². The summed E-state index contributed by atoms with van der Waals surface area (Å²) in [6.07, 6.45) is 5.44. The summed E-state index contributed by atoms with van der Waals surface area (Å²) in [6.45, 7) is 9.21. The van der Waals surface area contributed by atoms with Gasteiger partial charge in [0.25, 0.3) is 0 Å². The minimum absolute atomic E-state index is 0. The van der Waals surface area contributed by atoms with Crippen LogP contribution in [-0.4, -0.2) is 61.4 Å². The molecule has 1 saturated heterocycles. The number of carbonyl (C=O) groups excluding carboxylic acids is 2. The van der Waals surface area contributed by atoms with E-state index in [9.17, 15) is 9.59 Å². The molecule has 7 nitrogen and oxygen atoms in total. The Kier molecular flexibility index (Phi) is 11.0. The molecule has 1 unspecified atom stereocenters. The Balaban J connectivity index is 0.00000364. The summed E-state index contributed by atoms with van der Waals surface area (Å²) in [7, 11) is 0. The van der Waals surface area contributed by atoms with Crippen LogP contribution < -0.4 is 16.0 Å². The van der Waals surface area contributed by atoms with Gasteiger partial charge in [-0.1, -0.05) is 26.7 Å². The number of nitrogens with zero attached hydrogens (tertiary/aromatic N) is 2. The van der Waals surface area contributed by atoms with Crippen LogP contribution in [0.25, 0.3) is 0 Å². The van der Waals surface area contributed by atoms with Crippen LogP contribution in [0.4, 0.5) is 0 Å². The molecule has 0 aromatic rings. The highest BCUT2D eigenvalue weighted by Crippen LogP contribution is 2.27. The fraction of sp³-hybridized carbons (Fsp3) is 0.842. The fourth-order valence-corrected chi connectivity index (χ4v) is 3.57. The lowest BCUT2D eigenvalue weighted by atomic mass is 10.1. The highest BCUT2D eigenvalue weighted by Gasteiger charge is 2.32. The molecule has 3 N–H and O–H groups in total. The van der Waals surface area contributed by atoms with Gasteiger partial charge >= 0.3 is 0 Å². The van der Waals surface area contributed by atoms with Crippen molar-refractivity contribution in [1.82, 2.24) is 20.9 Å². The molecule has 0 radical (unpaired) electrons. The van der Waals surface area contributed by atoms with Gasteiger partial charge < -0.3 is 20.9 Å². The molecule has 27 heavy (non-hydrogen) atoms. The van der Waals surface area contributed by atoms with Gasteiger partial charge in [-0.25, -0.2) is 0 Å². The van der Waals surface area contributed by atoms with Crippen LogP contribution in [0.3, 0.4) is 0 Å². The van der Waals surface area contributed by atoms with Crippen molar-refractivity contribution in [3.8, 4) is 0 Å². The van der Waals surface area contributed by atoms with Gasteiger partial charge in [-0.05, 0) is 26.2 Å². The monoisotopic (exact) mass is 493 g/mol. The number of guanidine groups is 1. The second kappa shape index (κ2) is 12.4. The number of halogens is 1. The van der Waals surface area contributed by atoms with Gasteiger partial charge in [-0.2, -0.15) is 0 Å². The molecule has 0 bridgehead atoms. The van der Waals surface area contributed by atoms with E-state index in [1.807, 2.05) is 25.7 Å². The number of rotatable bonds is 7. The van der Waals surface area contributed by atoms with Crippen LogP contribution in [0.1, 0.15) is 52.9 Å². The van der Waals surface area contributed by atoms with Crippen molar-refractivity contribution in [3.05, 3.63) is 0 Å². The third-order valence-electron chi connectivity index (χ3n) is 5.09. The number of hydrogen-bond acceptors (Lipinski definition) is 3. The molecular weight excluding hydrogens is 457 g/mol. The summed E-state index contributed by atoms with van der Waals surface area (Å²) in [6, 6.07) is 0.239. The number of amides is 2. The molecule has 2 amide bonds. The zero-order valence-corrected chi connectivity index (χ0v) is 19.3. The van der Waals surface area contributed by atoms with Crippen LogP contribution in [-0.2, 0) is 9.59 Å². The van der Waals surface area contributed by atoms with Gasteiger partial charge in [0, 0.05) is 44.1 Å². The van der Waals surface area contributed by atoms with E-state index in [0.717, 1.165) is 44.9 Å². The smallest absolute Gasteiger partial charge is 0.225 e. The van der Waals surface area contributed by atoms with Gasteiger partial charge in [0.05, 0.1) is 6.54 Å². The van der Waals surface area contributed by atoms with E-state index >= 15 is 0 Å². The lowest BCUT2D eigenvalue weighted by Crippen LogP contribution is -2.45. The molecule has 0 aromatic carbocycles. The molecule has 1 saturated carbocycles. The average Bonchev–Trinajstić information content (AvgIpc) is 3.29. The Hall–Kier alpha value is -1.06. The first-order valence-electron chi connectivity index (χ1n) is 10.1. The van der Waals surface area contributed by atoms with Gasteiger partial charge in [0.2, 0.25) is 11.8 Å². The molecule has 1 atom stereocenters. The first kappa shape index (κ1) is 24.0. The molecule has 8 heteroatoms. The van der Waals surface area contributed by atoms with E-state index in [2.05, 4.69) is 20.9 Å². The zero-order chi connectivity index (χ0) is 18.9. The molecule has 2 fully saturated rings. The van der Waals surface area contributed by atoms with Crippen LogP contribution >= 0.6 is 24.0 Å². The quantitative estimate of drug-likeness (QED) is 0.218. The fourth-order valence-electron chi connectivity index (χ4n) is 3.57. The Morgan fingerprint density at radius 1 is 1.15 bits per heavy atom. The number of hydrogen-bond donors (Lipinski definition) is 3. The molecule has 2 rings (SSSR count). The largest absolute Gasteiger partial charge is 0.357 e. The van der Waals surface area contributed by atoms with Crippen LogP contribution in [0, 0.1) is 11.8 Å². The van der Waals surface area contributed by atoms with Crippen molar-refractivity contribution in [1.29, 1.82) is 0 Å². The molecule has 0 spiro atoms. The van der Waals surface area contributed by atoms with Gasteiger partial charge in [-0.15, -0.1) is 24.0 Å². The van der Waals surface area contributed by atoms with E-state index in [4.69, 9.17) is 0 Å². The molecule has 156 valence electrons. The summed E-state index contributed by atoms with van der Waals surface area (Å²) in [5.41, 5.74) is 0. The lowest BCUT2D eigenvalue weighted by molar-refractivity contribution is -0.134. The standard InChI is InChI=1S/C19H35N5O2.HI/c1-4-20-19(22-11-10-21-17(25)14(2)3)23-16-9-12-24(13-16)18(26)15-7-5-6-8-15;/h14-16H,4-13H2,1-3H3,(H,21,25)(H2,20,22,23);1H. The molecule has 1 aliphatic heterocycles. The summed E-state index contributed by atoms with van der Waals surface area (Å²) in [5.74, 6) is 1.39.